The Morgan fingerprint density at radius 1 is 1.17 bits per heavy atom. The number of guanidine groups is 1. The molecule has 6 heteroatoms. The molecule has 0 radical (unpaired) electrons. The Morgan fingerprint density at radius 3 is 2.42 bits per heavy atom. The molecule has 142 valence electrons. The van der Waals surface area contributed by atoms with E-state index in [9.17, 15) is 0 Å². The average Bonchev–Trinajstić information content (AvgIpc) is 2.58. The zero-order valence-corrected chi connectivity index (χ0v) is 18.1. The molecule has 2 aliphatic rings. The van der Waals surface area contributed by atoms with Gasteiger partial charge < -0.3 is 15.4 Å². The summed E-state index contributed by atoms with van der Waals surface area (Å²) in [5.74, 6) is 1.68. The van der Waals surface area contributed by atoms with Gasteiger partial charge in [0.15, 0.2) is 5.96 Å². The van der Waals surface area contributed by atoms with Crippen LogP contribution >= 0.6 is 24.0 Å². The number of rotatable bonds is 6. The van der Waals surface area contributed by atoms with E-state index in [4.69, 9.17) is 4.74 Å². The molecule has 2 N–H and O–H groups in total. The lowest BCUT2D eigenvalue weighted by Gasteiger charge is -2.36. The van der Waals surface area contributed by atoms with Crippen LogP contribution in [0.2, 0.25) is 0 Å². The maximum atomic E-state index is 5.50. The molecular formula is C18H37IN4O. The molecule has 0 spiro atoms. The van der Waals surface area contributed by atoms with E-state index in [2.05, 4.69) is 34.4 Å². The van der Waals surface area contributed by atoms with E-state index in [1.807, 2.05) is 7.05 Å². The highest BCUT2D eigenvalue weighted by molar-refractivity contribution is 14.0. The van der Waals surface area contributed by atoms with E-state index in [-0.39, 0.29) is 24.0 Å². The van der Waals surface area contributed by atoms with Crippen LogP contribution in [0.3, 0.4) is 0 Å². The van der Waals surface area contributed by atoms with E-state index in [1.54, 1.807) is 0 Å². The van der Waals surface area contributed by atoms with Crippen molar-refractivity contribution in [2.24, 2.45) is 10.9 Å². The van der Waals surface area contributed by atoms with Crippen molar-refractivity contribution in [2.75, 3.05) is 39.9 Å². The molecule has 1 aliphatic carbocycles. The van der Waals surface area contributed by atoms with Gasteiger partial charge in [-0.05, 0) is 25.2 Å². The summed E-state index contributed by atoms with van der Waals surface area (Å²) in [5.41, 5.74) is 0. The van der Waals surface area contributed by atoms with Crippen LogP contribution in [0.1, 0.15) is 52.4 Å². The summed E-state index contributed by atoms with van der Waals surface area (Å²) in [6.45, 7) is 9.41. The largest absolute Gasteiger partial charge is 0.379 e. The Bertz CT molecular complexity index is 353. The first kappa shape index (κ1) is 22.0. The highest BCUT2D eigenvalue weighted by atomic mass is 127. The summed E-state index contributed by atoms with van der Waals surface area (Å²) in [4.78, 5) is 7.00. The van der Waals surface area contributed by atoms with Gasteiger partial charge in [0.1, 0.15) is 0 Å². The van der Waals surface area contributed by atoms with Crippen LogP contribution in [-0.4, -0.2) is 62.8 Å². The van der Waals surface area contributed by atoms with Crippen LogP contribution in [0.4, 0.5) is 0 Å². The lowest BCUT2D eigenvalue weighted by Crippen LogP contribution is -2.52. The van der Waals surface area contributed by atoms with Crippen molar-refractivity contribution in [3.63, 3.8) is 0 Å². The van der Waals surface area contributed by atoms with Crippen molar-refractivity contribution >= 4 is 29.9 Å². The van der Waals surface area contributed by atoms with E-state index >= 15 is 0 Å². The first-order valence-corrected chi connectivity index (χ1v) is 9.48. The molecule has 0 bridgehead atoms. The van der Waals surface area contributed by atoms with Crippen LogP contribution in [0, 0.1) is 5.92 Å². The van der Waals surface area contributed by atoms with Gasteiger partial charge in [-0.2, -0.15) is 0 Å². The fraction of sp³-hybridized carbons (Fsp3) is 0.944. The minimum atomic E-state index is 0. The second kappa shape index (κ2) is 12.3. The number of hydrogen-bond donors (Lipinski definition) is 2. The molecular weight excluding hydrogens is 415 g/mol. The molecule has 1 aliphatic heterocycles. The van der Waals surface area contributed by atoms with E-state index in [1.165, 1.54) is 38.5 Å². The van der Waals surface area contributed by atoms with E-state index < -0.39 is 0 Å². The monoisotopic (exact) mass is 452 g/mol. The second-order valence-electron chi connectivity index (χ2n) is 7.36. The minimum Gasteiger partial charge on any atom is -0.379 e. The zero-order chi connectivity index (χ0) is 16.5. The number of nitrogens with zero attached hydrogens (tertiary/aromatic N) is 2. The number of aliphatic imine (C=N–C) groups is 1. The summed E-state index contributed by atoms with van der Waals surface area (Å²) < 4.78 is 5.50. The molecule has 2 fully saturated rings. The Morgan fingerprint density at radius 2 is 1.83 bits per heavy atom. The summed E-state index contributed by atoms with van der Waals surface area (Å²) in [6.07, 6.45) is 7.85. The van der Waals surface area contributed by atoms with Crippen molar-refractivity contribution < 1.29 is 4.74 Å². The van der Waals surface area contributed by atoms with Crippen molar-refractivity contribution in [1.29, 1.82) is 0 Å². The van der Waals surface area contributed by atoms with Crippen LogP contribution in [0.15, 0.2) is 4.99 Å². The Balaban J connectivity index is 0.00000288. The SMILES string of the molecule is CN=C(NCC(CC(C)C)N1CCOCC1)NC1CCCCC1.I. The molecule has 5 nitrogen and oxygen atoms in total. The number of halogens is 1. The number of ether oxygens (including phenoxy) is 1. The van der Waals surface area contributed by atoms with Crippen molar-refractivity contribution in [2.45, 2.75) is 64.5 Å². The summed E-state index contributed by atoms with van der Waals surface area (Å²) in [7, 11) is 1.88. The lowest BCUT2D eigenvalue weighted by molar-refractivity contribution is 0.0132. The quantitative estimate of drug-likeness (QED) is 0.370. The van der Waals surface area contributed by atoms with Crippen LogP contribution in [0.25, 0.3) is 0 Å². The van der Waals surface area contributed by atoms with Crippen molar-refractivity contribution in [1.82, 2.24) is 15.5 Å². The predicted molar refractivity (Wildman–Crippen MR) is 112 cm³/mol. The number of nitrogens with one attached hydrogen (secondary N) is 2. The zero-order valence-electron chi connectivity index (χ0n) is 15.7. The van der Waals surface area contributed by atoms with Gasteiger partial charge in [-0.3, -0.25) is 9.89 Å². The van der Waals surface area contributed by atoms with Crippen LogP contribution in [0.5, 0.6) is 0 Å². The van der Waals surface area contributed by atoms with Gasteiger partial charge in [0, 0.05) is 38.8 Å². The molecule has 1 saturated carbocycles. The smallest absolute Gasteiger partial charge is 0.191 e. The molecule has 0 amide bonds. The first-order valence-electron chi connectivity index (χ1n) is 9.48. The molecule has 1 unspecified atom stereocenters. The van der Waals surface area contributed by atoms with Crippen LogP contribution < -0.4 is 10.6 Å². The Kier molecular flexibility index (Phi) is 11.3. The van der Waals surface area contributed by atoms with Gasteiger partial charge in [0.25, 0.3) is 0 Å². The topological polar surface area (TPSA) is 48.9 Å². The highest BCUT2D eigenvalue weighted by Gasteiger charge is 2.22. The van der Waals surface area contributed by atoms with Crippen molar-refractivity contribution in [3.05, 3.63) is 0 Å². The predicted octanol–water partition coefficient (Wildman–Crippen LogP) is 2.85. The molecule has 0 aromatic heterocycles. The molecule has 1 saturated heterocycles. The molecule has 1 atom stereocenters. The van der Waals surface area contributed by atoms with E-state index in [0.29, 0.717) is 18.0 Å². The third-order valence-electron chi connectivity index (χ3n) is 4.98. The fourth-order valence-electron chi connectivity index (χ4n) is 3.70. The molecule has 0 aromatic carbocycles. The maximum absolute atomic E-state index is 5.50. The van der Waals surface area contributed by atoms with Gasteiger partial charge in [0.05, 0.1) is 13.2 Å². The molecule has 2 rings (SSSR count). The summed E-state index contributed by atoms with van der Waals surface area (Å²) >= 11 is 0. The lowest BCUT2D eigenvalue weighted by atomic mass is 9.96. The normalized spacial score (nSPS) is 22.1. The van der Waals surface area contributed by atoms with Crippen LogP contribution in [-0.2, 0) is 4.74 Å². The molecule has 0 aromatic rings. The van der Waals surface area contributed by atoms with E-state index in [0.717, 1.165) is 38.8 Å². The number of morpholine rings is 1. The number of hydrogen-bond acceptors (Lipinski definition) is 3. The average molecular weight is 452 g/mol. The first-order chi connectivity index (χ1) is 11.2. The standard InChI is InChI=1S/C18H36N4O.HI/c1-15(2)13-17(22-9-11-23-12-10-22)14-20-18(19-3)21-16-7-5-4-6-8-16;/h15-17H,4-14H2,1-3H3,(H2,19,20,21);1H. The van der Waals surface area contributed by atoms with Gasteiger partial charge in [-0.1, -0.05) is 33.1 Å². The highest BCUT2D eigenvalue weighted by Crippen LogP contribution is 2.17. The van der Waals surface area contributed by atoms with Gasteiger partial charge in [-0.25, -0.2) is 0 Å². The fourth-order valence-corrected chi connectivity index (χ4v) is 3.70. The third-order valence-corrected chi connectivity index (χ3v) is 4.98. The minimum absolute atomic E-state index is 0. The van der Waals surface area contributed by atoms with Gasteiger partial charge >= 0.3 is 0 Å². The summed E-state index contributed by atoms with van der Waals surface area (Å²) in [5, 5.41) is 7.19. The van der Waals surface area contributed by atoms with Gasteiger partial charge in [0.2, 0.25) is 0 Å². The summed E-state index contributed by atoms with van der Waals surface area (Å²) in [6, 6.07) is 1.16. The van der Waals surface area contributed by atoms with Crippen molar-refractivity contribution in [3.8, 4) is 0 Å². The third kappa shape index (κ3) is 7.87. The molecule has 1 heterocycles. The second-order valence-corrected chi connectivity index (χ2v) is 7.36. The molecule has 24 heavy (non-hydrogen) atoms. The Hall–Kier alpha value is -0.0800. The Labute approximate surface area is 165 Å². The van der Waals surface area contributed by atoms with Gasteiger partial charge in [-0.15, -0.1) is 24.0 Å². The maximum Gasteiger partial charge on any atom is 0.191 e.